The van der Waals surface area contributed by atoms with Gasteiger partial charge >= 0.3 is 0 Å². The molecule has 0 aromatic heterocycles. The molecule has 0 aliphatic carbocycles. The molecule has 1 amide bonds. The molecule has 0 spiro atoms. The second kappa shape index (κ2) is 8.89. The second-order valence-corrected chi connectivity index (χ2v) is 10.1. The molecule has 28 heavy (non-hydrogen) atoms. The maximum atomic E-state index is 12.9. The van der Waals surface area contributed by atoms with E-state index in [0.29, 0.717) is 31.1 Å². The maximum Gasteiger partial charge on any atom is 0.243 e. The van der Waals surface area contributed by atoms with Gasteiger partial charge in [-0.15, -0.1) is 0 Å². The lowest BCUT2D eigenvalue weighted by atomic mass is 10.1. The highest BCUT2D eigenvalue weighted by Crippen LogP contribution is 2.21. The van der Waals surface area contributed by atoms with Gasteiger partial charge in [-0.3, -0.25) is 9.69 Å². The van der Waals surface area contributed by atoms with Crippen LogP contribution in [0.4, 0.5) is 5.69 Å². The highest BCUT2D eigenvalue weighted by atomic mass is 127. The minimum atomic E-state index is -3.50. The van der Waals surface area contributed by atoms with Crippen LogP contribution >= 0.6 is 22.6 Å². The number of amides is 1. The molecule has 150 valence electrons. The van der Waals surface area contributed by atoms with E-state index in [1.54, 1.807) is 12.1 Å². The normalized spacial score (nSPS) is 16.1. The zero-order valence-corrected chi connectivity index (χ0v) is 19.0. The number of carbonyl (C=O) groups excluding carboxylic acids is 1. The van der Waals surface area contributed by atoms with Crippen molar-refractivity contribution in [2.24, 2.45) is 0 Å². The summed E-state index contributed by atoms with van der Waals surface area (Å²) < 4.78 is 28.3. The van der Waals surface area contributed by atoms with Gasteiger partial charge in [0.15, 0.2) is 0 Å². The number of hydrogen-bond acceptors (Lipinski definition) is 4. The largest absolute Gasteiger partial charge is 0.324 e. The van der Waals surface area contributed by atoms with Crippen LogP contribution < -0.4 is 5.32 Å². The molecule has 0 radical (unpaired) electrons. The molecule has 6 nitrogen and oxygen atoms in total. The first-order valence-corrected chi connectivity index (χ1v) is 11.6. The third-order valence-electron chi connectivity index (χ3n) is 4.96. The van der Waals surface area contributed by atoms with Gasteiger partial charge in [0.2, 0.25) is 15.9 Å². The van der Waals surface area contributed by atoms with Gasteiger partial charge < -0.3 is 5.32 Å². The van der Waals surface area contributed by atoms with Gasteiger partial charge in [0.05, 0.1) is 17.1 Å². The minimum absolute atomic E-state index is 0.0883. The quantitative estimate of drug-likeness (QED) is 0.625. The van der Waals surface area contributed by atoms with Crippen molar-refractivity contribution in [2.45, 2.75) is 18.7 Å². The topological polar surface area (TPSA) is 69.7 Å². The van der Waals surface area contributed by atoms with Crippen LogP contribution in [0.15, 0.2) is 47.4 Å². The molecule has 0 saturated carbocycles. The summed E-state index contributed by atoms with van der Waals surface area (Å²) in [6.07, 6.45) is 0. The summed E-state index contributed by atoms with van der Waals surface area (Å²) >= 11 is 2.18. The van der Waals surface area contributed by atoms with Crippen molar-refractivity contribution in [2.75, 3.05) is 38.0 Å². The number of nitrogens with one attached hydrogen (secondary N) is 1. The fourth-order valence-electron chi connectivity index (χ4n) is 3.11. The Labute approximate surface area is 180 Å². The molecule has 8 heteroatoms. The highest BCUT2D eigenvalue weighted by Gasteiger charge is 2.29. The van der Waals surface area contributed by atoms with E-state index in [2.05, 4.69) is 27.9 Å². The van der Waals surface area contributed by atoms with Crippen LogP contribution in [0.5, 0.6) is 0 Å². The number of hydrogen-bond donors (Lipinski definition) is 1. The number of sulfonamides is 1. The van der Waals surface area contributed by atoms with Crippen LogP contribution in [0.2, 0.25) is 0 Å². The van der Waals surface area contributed by atoms with E-state index in [0.717, 1.165) is 20.4 Å². The fourth-order valence-corrected chi connectivity index (χ4v) is 5.14. The Bertz CT molecular complexity index is 970. The molecule has 1 N–H and O–H groups in total. The average Bonchev–Trinajstić information content (AvgIpc) is 2.66. The number of aryl methyl sites for hydroxylation is 2. The van der Waals surface area contributed by atoms with Gasteiger partial charge in [0, 0.05) is 29.7 Å². The third-order valence-corrected chi connectivity index (χ3v) is 7.80. The lowest BCUT2D eigenvalue weighted by molar-refractivity contribution is -0.117. The van der Waals surface area contributed by atoms with Crippen LogP contribution in [-0.4, -0.2) is 56.3 Å². The van der Waals surface area contributed by atoms with Crippen LogP contribution in [0.25, 0.3) is 0 Å². The average molecular weight is 513 g/mol. The summed E-state index contributed by atoms with van der Waals surface area (Å²) in [5.74, 6) is -0.0883. The molecule has 1 aliphatic rings. The van der Waals surface area contributed by atoms with Crippen molar-refractivity contribution >= 4 is 44.2 Å². The SMILES string of the molecule is Cc1ccc(S(=O)(=O)N2CCN(CC(=O)Nc3ccccc3I)CC2)cc1C. The maximum absolute atomic E-state index is 12.9. The summed E-state index contributed by atoms with van der Waals surface area (Å²) in [5, 5.41) is 2.92. The standard InChI is InChI=1S/C20H24IN3O3S/c1-15-7-8-17(13-16(15)2)28(26,27)24-11-9-23(10-12-24)14-20(25)22-19-6-4-3-5-18(19)21/h3-8,13H,9-12,14H2,1-2H3,(H,22,25). The Balaban J connectivity index is 1.57. The lowest BCUT2D eigenvalue weighted by Crippen LogP contribution is -2.50. The van der Waals surface area contributed by atoms with E-state index in [9.17, 15) is 13.2 Å². The number of halogens is 1. The van der Waals surface area contributed by atoms with E-state index >= 15 is 0 Å². The first-order chi connectivity index (χ1) is 13.3. The van der Waals surface area contributed by atoms with E-state index in [4.69, 9.17) is 0 Å². The Morgan fingerprint density at radius 2 is 1.71 bits per heavy atom. The van der Waals surface area contributed by atoms with Crippen LogP contribution in [-0.2, 0) is 14.8 Å². The molecule has 0 atom stereocenters. The van der Waals surface area contributed by atoms with Gasteiger partial charge in [-0.1, -0.05) is 18.2 Å². The van der Waals surface area contributed by atoms with E-state index in [1.807, 2.05) is 49.1 Å². The molecular formula is C20H24IN3O3S. The lowest BCUT2D eigenvalue weighted by Gasteiger charge is -2.33. The van der Waals surface area contributed by atoms with Crippen LogP contribution in [0, 0.1) is 17.4 Å². The van der Waals surface area contributed by atoms with Gasteiger partial charge in [0.1, 0.15) is 0 Å². The summed E-state index contributed by atoms with van der Waals surface area (Å²) in [6.45, 7) is 5.96. The number of anilines is 1. The number of carbonyl (C=O) groups is 1. The van der Waals surface area contributed by atoms with Gasteiger partial charge in [-0.05, 0) is 71.8 Å². The molecular weight excluding hydrogens is 489 g/mol. The third kappa shape index (κ3) is 4.91. The number of rotatable bonds is 5. The van der Waals surface area contributed by atoms with Crippen molar-refractivity contribution in [3.63, 3.8) is 0 Å². The summed E-state index contributed by atoms with van der Waals surface area (Å²) in [6, 6.07) is 12.8. The monoisotopic (exact) mass is 513 g/mol. The van der Waals surface area contributed by atoms with Crippen molar-refractivity contribution in [1.29, 1.82) is 0 Å². The molecule has 1 heterocycles. The van der Waals surface area contributed by atoms with Crippen molar-refractivity contribution in [3.05, 3.63) is 57.2 Å². The molecule has 1 saturated heterocycles. The van der Waals surface area contributed by atoms with Crippen molar-refractivity contribution in [3.8, 4) is 0 Å². The van der Waals surface area contributed by atoms with Gasteiger partial charge in [-0.2, -0.15) is 4.31 Å². The molecule has 2 aromatic carbocycles. The first kappa shape index (κ1) is 21.2. The molecule has 1 aliphatic heterocycles. The summed E-state index contributed by atoms with van der Waals surface area (Å²) in [5.41, 5.74) is 2.83. The number of para-hydroxylation sites is 1. The zero-order valence-electron chi connectivity index (χ0n) is 16.0. The number of nitrogens with zero attached hydrogens (tertiary/aromatic N) is 2. The predicted octanol–water partition coefficient (Wildman–Crippen LogP) is 2.85. The summed E-state index contributed by atoms with van der Waals surface area (Å²) in [4.78, 5) is 14.6. The number of piperazine rings is 1. The first-order valence-electron chi connectivity index (χ1n) is 9.11. The van der Waals surface area contributed by atoms with Gasteiger partial charge in [0.25, 0.3) is 0 Å². The van der Waals surface area contributed by atoms with Gasteiger partial charge in [-0.25, -0.2) is 8.42 Å². The van der Waals surface area contributed by atoms with E-state index < -0.39 is 10.0 Å². The Kier molecular flexibility index (Phi) is 6.74. The fraction of sp³-hybridized carbons (Fsp3) is 0.350. The molecule has 2 aromatic rings. The van der Waals surface area contributed by atoms with Crippen LogP contribution in [0.1, 0.15) is 11.1 Å². The molecule has 1 fully saturated rings. The highest BCUT2D eigenvalue weighted by molar-refractivity contribution is 14.1. The molecule has 0 unspecified atom stereocenters. The Morgan fingerprint density at radius 1 is 1.04 bits per heavy atom. The Morgan fingerprint density at radius 3 is 2.36 bits per heavy atom. The summed E-state index contributed by atoms with van der Waals surface area (Å²) in [7, 11) is -3.50. The van der Waals surface area contributed by atoms with Crippen LogP contribution in [0.3, 0.4) is 0 Å². The predicted molar refractivity (Wildman–Crippen MR) is 119 cm³/mol. The van der Waals surface area contributed by atoms with Crippen molar-refractivity contribution < 1.29 is 13.2 Å². The van der Waals surface area contributed by atoms with E-state index in [-0.39, 0.29) is 12.5 Å². The smallest absolute Gasteiger partial charge is 0.243 e. The van der Waals surface area contributed by atoms with Crippen molar-refractivity contribution in [1.82, 2.24) is 9.21 Å². The Hall–Kier alpha value is -1.49. The number of benzene rings is 2. The second-order valence-electron chi connectivity index (χ2n) is 6.95. The molecule has 0 bridgehead atoms. The molecule has 3 rings (SSSR count). The minimum Gasteiger partial charge on any atom is -0.324 e. The van der Waals surface area contributed by atoms with E-state index in [1.165, 1.54) is 4.31 Å². The zero-order chi connectivity index (χ0) is 20.3.